The molecule has 0 heterocycles. The predicted octanol–water partition coefficient (Wildman–Crippen LogP) is 3.56. The summed E-state index contributed by atoms with van der Waals surface area (Å²) in [5, 5.41) is 10.1. The normalized spacial score (nSPS) is 12.4. The summed E-state index contributed by atoms with van der Waals surface area (Å²) in [5.74, 6) is 0.824. The summed E-state index contributed by atoms with van der Waals surface area (Å²) in [6.45, 7) is 3.50. The molecule has 2 aromatic carbocycles. The number of hydrogen-bond donors (Lipinski definition) is 1. The second-order valence-corrected chi connectivity index (χ2v) is 5.95. The first-order valence-corrected chi connectivity index (χ1v) is 7.65. The van der Waals surface area contributed by atoms with E-state index in [2.05, 4.69) is 30.0 Å². The van der Waals surface area contributed by atoms with Gasteiger partial charge in [0.1, 0.15) is 12.4 Å². The van der Waals surface area contributed by atoms with Crippen LogP contribution in [0.3, 0.4) is 0 Å². The minimum absolute atomic E-state index is 0.423. The average Bonchev–Trinajstić information content (AvgIpc) is 2.51. The smallest absolute Gasteiger partial charge is 0.119 e. The molecule has 0 bridgehead atoms. The number of ether oxygens (including phenoxy) is 1. The fraction of sp³-hybridized carbons (Fsp3) is 0.368. The van der Waals surface area contributed by atoms with Crippen molar-refractivity contribution in [3.8, 4) is 5.75 Å². The van der Waals surface area contributed by atoms with Gasteiger partial charge in [-0.1, -0.05) is 42.0 Å². The highest BCUT2D eigenvalue weighted by Gasteiger charge is 2.08. The van der Waals surface area contributed by atoms with E-state index in [4.69, 9.17) is 4.74 Å². The molecule has 0 amide bonds. The fourth-order valence-electron chi connectivity index (χ4n) is 2.30. The third-order valence-corrected chi connectivity index (χ3v) is 3.60. The van der Waals surface area contributed by atoms with E-state index < -0.39 is 6.10 Å². The first-order valence-electron chi connectivity index (χ1n) is 7.65. The summed E-state index contributed by atoms with van der Waals surface area (Å²) in [6.07, 6.45) is 0.310. The van der Waals surface area contributed by atoms with Crippen LogP contribution in [0.25, 0.3) is 0 Å². The Labute approximate surface area is 133 Å². The Morgan fingerprint density at radius 3 is 2.45 bits per heavy atom. The summed E-state index contributed by atoms with van der Waals surface area (Å²) < 4.78 is 5.79. The number of rotatable bonds is 7. The molecule has 1 N–H and O–H groups in total. The number of aliphatic hydroxyl groups is 1. The summed E-state index contributed by atoms with van der Waals surface area (Å²) in [7, 11) is 4.02. The monoisotopic (exact) mass is 299 g/mol. The van der Waals surface area contributed by atoms with Gasteiger partial charge in [-0.2, -0.15) is 0 Å². The lowest BCUT2D eigenvalue weighted by atomic mass is 10.1. The molecule has 0 saturated carbocycles. The Hall–Kier alpha value is -1.84. The molecular formula is C19H25NO2. The number of aliphatic hydroxyl groups excluding tert-OH is 1. The van der Waals surface area contributed by atoms with Crippen molar-refractivity contribution in [3.05, 3.63) is 65.2 Å². The molecule has 0 spiro atoms. The van der Waals surface area contributed by atoms with Crippen molar-refractivity contribution in [3.63, 3.8) is 0 Å². The summed E-state index contributed by atoms with van der Waals surface area (Å²) >= 11 is 0. The number of benzene rings is 2. The molecule has 2 aromatic rings. The van der Waals surface area contributed by atoms with E-state index in [0.29, 0.717) is 6.61 Å². The molecule has 0 aliphatic carbocycles. The molecule has 3 nitrogen and oxygen atoms in total. The third-order valence-electron chi connectivity index (χ3n) is 3.60. The van der Waals surface area contributed by atoms with E-state index in [1.165, 1.54) is 5.56 Å². The molecule has 0 aliphatic rings. The van der Waals surface area contributed by atoms with Crippen molar-refractivity contribution in [2.24, 2.45) is 0 Å². The van der Waals surface area contributed by atoms with Crippen LogP contribution in [-0.4, -0.2) is 30.6 Å². The molecule has 0 aromatic heterocycles. The largest absolute Gasteiger partial charge is 0.489 e. The van der Waals surface area contributed by atoms with Crippen LogP contribution in [-0.2, 0) is 6.61 Å². The second-order valence-electron chi connectivity index (χ2n) is 5.95. The first kappa shape index (κ1) is 16.5. The standard InChI is InChI=1S/C19H25NO2/c1-15-5-4-6-16(13-15)14-22-18-9-7-17(8-10-18)19(21)11-12-20(2)3/h4-10,13,19,21H,11-12,14H2,1-3H3. The Morgan fingerprint density at radius 2 is 1.82 bits per heavy atom. The quantitative estimate of drug-likeness (QED) is 0.848. The van der Waals surface area contributed by atoms with Crippen molar-refractivity contribution in [1.29, 1.82) is 0 Å². The van der Waals surface area contributed by atoms with Gasteiger partial charge < -0.3 is 14.7 Å². The van der Waals surface area contributed by atoms with E-state index in [0.717, 1.165) is 29.8 Å². The van der Waals surface area contributed by atoms with Gasteiger partial charge in [-0.3, -0.25) is 0 Å². The van der Waals surface area contributed by atoms with Gasteiger partial charge in [0.15, 0.2) is 0 Å². The van der Waals surface area contributed by atoms with Gasteiger partial charge in [0.05, 0.1) is 6.10 Å². The molecule has 118 valence electrons. The maximum atomic E-state index is 10.1. The van der Waals surface area contributed by atoms with Crippen LogP contribution in [0.4, 0.5) is 0 Å². The predicted molar refractivity (Wildman–Crippen MR) is 90.1 cm³/mol. The van der Waals surface area contributed by atoms with Gasteiger partial charge in [-0.15, -0.1) is 0 Å². The zero-order valence-electron chi connectivity index (χ0n) is 13.6. The Morgan fingerprint density at radius 1 is 1.09 bits per heavy atom. The third kappa shape index (κ3) is 5.17. The molecule has 1 unspecified atom stereocenters. The van der Waals surface area contributed by atoms with Crippen LogP contribution in [0.2, 0.25) is 0 Å². The maximum Gasteiger partial charge on any atom is 0.119 e. The van der Waals surface area contributed by atoms with Crippen LogP contribution in [0.1, 0.15) is 29.2 Å². The molecule has 0 saturated heterocycles. The van der Waals surface area contributed by atoms with Crippen molar-refractivity contribution >= 4 is 0 Å². The van der Waals surface area contributed by atoms with Gasteiger partial charge in [-0.25, -0.2) is 0 Å². The van der Waals surface area contributed by atoms with E-state index >= 15 is 0 Å². The number of aryl methyl sites for hydroxylation is 1. The highest BCUT2D eigenvalue weighted by molar-refractivity contribution is 5.29. The Kier molecular flexibility index (Phi) is 5.99. The molecule has 0 radical (unpaired) electrons. The van der Waals surface area contributed by atoms with Crippen LogP contribution in [0.15, 0.2) is 48.5 Å². The van der Waals surface area contributed by atoms with Crippen LogP contribution >= 0.6 is 0 Å². The highest BCUT2D eigenvalue weighted by Crippen LogP contribution is 2.21. The van der Waals surface area contributed by atoms with E-state index in [-0.39, 0.29) is 0 Å². The Bertz CT molecular complexity index is 578. The first-order chi connectivity index (χ1) is 10.5. The summed E-state index contributed by atoms with van der Waals surface area (Å²) in [5.41, 5.74) is 3.33. The maximum absolute atomic E-state index is 10.1. The minimum atomic E-state index is -0.423. The minimum Gasteiger partial charge on any atom is -0.489 e. The van der Waals surface area contributed by atoms with E-state index in [1.54, 1.807) is 0 Å². The van der Waals surface area contributed by atoms with Gasteiger partial charge in [0.2, 0.25) is 0 Å². The molecule has 1 atom stereocenters. The van der Waals surface area contributed by atoms with Gasteiger partial charge in [-0.05, 0) is 50.7 Å². The topological polar surface area (TPSA) is 32.7 Å². The van der Waals surface area contributed by atoms with E-state index in [1.807, 2.05) is 44.4 Å². The van der Waals surface area contributed by atoms with Crippen molar-refractivity contribution in [1.82, 2.24) is 4.90 Å². The lowest BCUT2D eigenvalue weighted by Gasteiger charge is -2.15. The SMILES string of the molecule is Cc1cccc(COc2ccc(C(O)CCN(C)C)cc2)c1. The highest BCUT2D eigenvalue weighted by atomic mass is 16.5. The van der Waals surface area contributed by atoms with Crippen LogP contribution in [0.5, 0.6) is 5.75 Å². The molecular weight excluding hydrogens is 274 g/mol. The lowest BCUT2D eigenvalue weighted by molar-refractivity contribution is 0.154. The Balaban J connectivity index is 1.89. The van der Waals surface area contributed by atoms with Crippen LogP contribution in [0, 0.1) is 6.92 Å². The molecule has 0 fully saturated rings. The molecule has 3 heteroatoms. The average molecular weight is 299 g/mol. The van der Waals surface area contributed by atoms with Crippen molar-refractivity contribution < 1.29 is 9.84 Å². The van der Waals surface area contributed by atoms with Gasteiger partial charge >= 0.3 is 0 Å². The molecule has 22 heavy (non-hydrogen) atoms. The van der Waals surface area contributed by atoms with Crippen molar-refractivity contribution in [2.75, 3.05) is 20.6 Å². The number of nitrogens with zero attached hydrogens (tertiary/aromatic N) is 1. The second kappa shape index (κ2) is 7.97. The lowest BCUT2D eigenvalue weighted by Crippen LogP contribution is -2.15. The molecule has 0 aliphatic heterocycles. The van der Waals surface area contributed by atoms with Gasteiger partial charge in [0.25, 0.3) is 0 Å². The zero-order valence-corrected chi connectivity index (χ0v) is 13.6. The summed E-state index contributed by atoms with van der Waals surface area (Å²) in [4.78, 5) is 2.07. The zero-order chi connectivity index (χ0) is 15.9. The fourth-order valence-corrected chi connectivity index (χ4v) is 2.30. The number of hydrogen-bond acceptors (Lipinski definition) is 3. The molecule has 2 rings (SSSR count). The summed E-state index contributed by atoms with van der Waals surface area (Å²) in [6, 6.07) is 16.0. The van der Waals surface area contributed by atoms with Gasteiger partial charge in [0, 0.05) is 6.54 Å². The van der Waals surface area contributed by atoms with E-state index in [9.17, 15) is 5.11 Å². The van der Waals surface area contributed by atoms with Crippen molar-refractivity contribution in [2.45, 2.75) is 26.1 Å². The van der Waals surface area contributed by atoms with Crippen LogP contribution < -0.4 is 4.74 Å².